The predicted molar refractivity (Wildman–Crippen MR) is 119 cm³/mol. The van der Waals surface area contributed by atoms with Gasteiger partial charge in [0.2, 0.25) is 5.91 Å². The molecular weight excluding hydrogens is 418 g/mol. The number of thioether (sulfide) groups is 1. The SMILES string of the molecule is CCOc1cc(NC(C)=O)ccc1C(=O)NN1C(=O)[C@H](C)S[C@@H]1c1ccc(OC)cc1. The molecular formula is C22H25N3O5S. The molecule has 0 aliphatic carbocycles. The number of rotatable bonds is 7. The maximum Gasteiger partial charge on any atom is 0.273 e. The number of nitrogens with one attached hydrogen (secondary N) is 2. The smallest absolute Gasteiger partial charge is 0.273 e. The van der Waals surface area contributed by atoms with Gasteiger partial charge in [0, 0.05) is 18.7 Å². The number of nitrogens with zero attached hydrogens (tertiary/aromatic N) is 1. The molecule has 1 heterocycles. The third-order valence-corrected chi connectivity index (χ3v) is 5.97. The topological polar surface area (TPSA) is 97.0 Å². The van der Waals surface area contributed by atoms with Crippen LogP contribution >= 0.6 is 11.8 Å². The molecule has 0 bridgehead atoms. The van der Waals surface area contributed by atoms with Crippen LogP contribution in [0.4, 0.5) is 5.69 Å². The van der Waals surface area contributed by atoms with Crippen molar-refractivity contribution >= 4 is 35.2 Å². The van der Waals surface area contributed by atoms with Crippen LogP contribution in [0.15, 0.2) is 42.5 Å². The van der Waals surface area contributed by atoms with Crippen molar-refractivity contribution < 1.29 is 23.9 Å². The van der Waals surface area contributed by atoms with E-state index in [1.54, 1.807) is 32.2 Å². The Kier molecular flexibility index (Phi) is 7.06. The van der Waals surface area contributed by atoms with Gasteiger partial charge < -0.3 is 14.8 Å². The Morgan fingerprint density at radius 3 is 2.48 bits per heavy atom. The fourth-order valence-corrected chi connectivity index (χ4v) is 4.38. The second kappa shape index (κ2) is 9.74. The van der Waals surface area contributed by atoms with Crippen molar-refractivity contribution in [2.24, 2.45) is 0 Å². The third-order valence-electron chi connectivity index (χ3n) is 4.62. The molecule has 2 aromatic carbocycles. The zero-order valence-electron chi connectivity index (χ0n) is 17.8. The molecule has 1 saturated heterocycles. The lowest BCUT2D eigenvalue weighted by molar-refractivity contribution is -0.132. The highest BCUT2D eigenvalue weighted by molar-refractivity contribution is 8.01. The number of benzene rings is 2. The molecule has 9 heteroatoms. The summed E-state index contributed by atoms with van der Waals surface area (Å²) in [4.78, 5) is 37.1. The van der Waals surface area contributed by atoms with Gasteiger partial charge in [0.05, 0.1) is 24.5 Å². The lowest BCUT2D eigenvalue weighted by atomic mass is 10.1. The van der Waals surface area contributed by atoms with Gasteiger partial charge in [0.1, 0.15) is 16.9 Å². The Morgan fingerprint density at radius 2 is 1.87 bits per heavy atom. The Balaban J connectivity index is 1.85. The van der Waals surface area contributed by atoms with Gasteiger partial charge in [-0.2, -0.15) is 0 Å². The number of hydrazine groups is 1. The Bertz CT molecular complexity index is 980. The number of anilines is 1. The molecule has 2 N–H and O–H groups in total. The van der Waals surface area contributed by atoms with E-state index in [9.17, 15) is 14.4 Å². The fraction of sp³-hybridized carbons (Fsp3) is 0.318. The summed E-state index contributed by atoms with van der Waals surface area (Å²) < 4.78 is 10.8. The van der Waals surface area contributed by atoms with Gasteiger partial charge in [0.15, 0.2) is 0 Å². The van der Waals surface area contributed by atoms with E-state index in [4.69, 9.17) is 9.47 Å². The van der Waals surface area contributed by atoms with Gasteiger partial charge in [-0.05, 0) is 43.7 Å². The lowest BCUT2D eigenvalue weighted by Crippen LogP contribution is -2.45. The van der Waals surface area contributed by atoms with E-state index in [-0.39, 0.29) is 28.0 Å². The number of methoxy groups -OCH3 is 1. The minimum absolute atomic E-state index is 0.188. The molecule has 8 nitrogen and oxygen atoms in total. The van der Waals surface area contributed by atoms with Crippen molar-refractivity contribution in [2.75, 3.05) is 19.0 Å². The number of ether oxygens (including phenoxy) is 2. The second-order valence-corrected chi connectivity index (χ2v) is 8.30. The molecule has 3 amide bonds. The third kappa shape index (κ3) is 5.11. The molecule has 31 heavy (non-hydrogen) atoms. The van der Waals surface area contributed by atoms with Crippen molar-refractivity contribution in [3.63, 3.8) is 0 Å². The number of carbonyl (C=O) groups is 3. The van der Waals surface area contributed by atoms with E-state index >= 15 is 0 Å². The molecule has 0 saturated carbocycles. The van der Waals surface area contributed by atoms with Gasteiger partial charge in [-0.1, -0.05) is 12.1 Å². The molecule has 2 atom stereocenters. The van der Waals surface area contributed by atoms with Crippen LogP contribution in [0.1, 0.15) is 42.1 Å². The minimum Gasteiger partial charge on any atom is -0.497 e. The fourth-order valence-electron chi connectivity index (χ4n) is 3.17. The van der Waals surface area contributed by atoms with Crippen LogP contribution in [0.25, 0.3) is 0 Å². The number of amides is 3. The highest BCUT2D eigenvalue weighted by Crippen LogP contribution is 2.42. The largest absolute Gasteiger partial charge is 0.497 e. The molecule has 2 aromatic rings. The van der Waals surface area contributed by atoms with Gasteiger partial charge >= 0.3 is 0 Å². The summed E-state index contributed by atoms with van der Waals surface area (Å²) in [5.74, 6) is 0.143. The van der Waals surface area contributed by atoms with Crippen LogP contribution in [-0.4, -0.2) is 41.7 Å². The van der Waals surface area contributed by atoms with Gasteiger partial charge in [-0.25, -0.2) is 5.01 Å². The molecule has 1 aliphatic rings. The Labute approximate surface area is 185 Å². The molecule has 0 radical (unpaired) electrons. The Morgan fingerprint density at radius 1 is 1.16 bits per heavy atom. The van der Waals surface area contributed by atoms with Crippen LogP contribution in [0.2, 0.25) is 0 Å². The standard InChI is InChI=1S/C22H25N3O5S/c1-5-30-19-12-16(23-14(3)26)8-11-18(19)20(27)24-25-21(28)13(2)31-22(25)15-6-9-17(29-4)10-7-15/h6-13,22H,5H2,1-4H3,(H,23,26)(H,24,27)/t13-,22+/m0/s1. The first kappa shape index (κ1) is 22.5. The summed E-state index contributed by atoms with van der Waals surface area (Å²) in [6, 6.07) is 12.1. The zero-order chi connectivity index (χ0) is 22.5. The minimum atomic E-state index is -0.473. The molecule has 1 aliphatic heterocycles. The van der Waals surface area contributed by atoms with Crippen LogP contribution in [0.3, 0.4) is 0 Å². The summed E-state index contributed by atoms with van der Waals surface area (Å²) in [5, 5.41) is 3.35. The molecule has 3 rings (SSSR count). The monoisotopic (exact) mass is 443 g/mol. The molecule has 0 unspecified atom stereocenters. The summed E-state index contributed by atoms with van der Waals surface area (Å²) in [6.45, 7) is 5.35. The summed E-state index contributed by atoms with van der Waals surface area (Å²) in [6.07, 6.45) is 0. The molecule has 0 spiro atoms. The van der Waals surface area contributed by atoms with Crippen LogP contribution in [-0.2, 0) is 9.59 Å². The van der Waals surface area contributed by atoms with E-state index in [0.29, 0.717) is 23.8 Å². The van der Waals surface area contributed by atoms with Crippen molar-refractivity contribution in [3.05, 3.63) is 53.6 Å². The van der Waals surface area contributed by atoms with Crippen LogP contribution in [0, 0.1) is 0 Å². The maximum atomic E-state index is 13.1. The van der Waals surface area contributed by atoms with Crippen molar-refractivity contribution in [1.29, 1.82) is 0 Å². The van der Waals surface area contributed by atoms with Crippen molar-refractivity contribution in [1.82, 2.24) is 10.4 Å². The predicted octanol–water partition coefficient (Wildman–Crippen LogP) is 3.36. The van der Waals surface area contributed by atoms with Crippen molar-refractivity contribution in [2.45, 2.75) is 31.4 Å². The molecule has 0 aromatic heterocycles. The number of carbonyl (C=O) groups excluding carboxylic acids is 3. The van der Waals surface area contributed by atoms with Crippen LogP contribution in [0.5, 0.6) is 11.5 Å². The number of hydrogen-bond donors (Lipinski definition) is 2. The highest BCUT2D eigenvalue weighted by Gasteiger charge is 2.40. The van der Waals surface area contributed by atoms with E-state index in [1.165, 1.54) is 23.7 Å². The highest BCUT2D eigenvalue weighted by atomic mass is 32.2. The summed E-state index contributed by atoms with van der Waals surface area (Å²) in [7, 11) is 1.59. The van der Waals surface area contributed by atoms with E-state index < -0.39 is 5.91 Å². The van der Waals surface area contributed by atoms with E-state index in [1.807, 2.05) is 31.2 Å². The quantitative estimate of drug-likeness (QED) is 0.681. The van der Waals surface area contributed by atoms with E-state index in [0.717, 1.165) is 5.56 Å². The van der Waals surface area contributed by atoms with Crippen molar-refractivity contribution in [3.8, 4) is 11.5 Å². The summed E-state index contributed by atoms with van der Waals surface area (Å²) >= 11 is 1.45. The normalized spacial score (nSPS) is 17.9. The zero-order valence-corrected chi connectivity index (χ0v) is 18.6. The first-order valence-corrected chi connectivity index (χ1v) is 10.8. The second-order valence-electron chi connectivity index (χ2n) is 6.88. The lowest BCUT2D eigenvalue weighted by Gasteiger charge is -2.25. The average molecular weight is 444 g/mol. The van der Waals surface area contributed by atoms with E-state index in [2.05, 4.69) is 10.7 Å². The van der Waals surface area contributed by atoms with Gasteiger partial charge in [-0.15, -0.1) is 11.8 Å². The average Bonchev–Trinajstić information content (AvgIpc) is 3.02. The molecule has 1 fully saturated rings. The maximum absolute atomic E-state index is 13.1. The van der Waals surface area contributed by atoms with Gasteiger partial charge in [-0.3, -0.25) is 19.8 Å². The first-order valence-electron chi connectivity index (χ1n) is 9.82. The van der Waals surface area contributed by atoms with Gasteiger partial charge in [0.25, 0.3) is 11.8 Å². The first-order chi connectivity index (χ1) is 14.8. The summed E-state index contributed by atoms with van der Waals surface area (Å²) in [5.41, 5.74) is 4.39. The Hall–Kier alpha value is -3.20. The molecule has 164 valence electrons. The number of hydrogen-bond acceptors (Lipinski definition) is 6. The van der Waals surface area contributed by atoms with Crippen LogP contribution < -0.4 is 20.2 Å².